The zero-order valence-corrected chi connectivity index (χ0v) is 15.0. The number of hydrogen-bond donors (Lipinski definition) is 0. The molecule has 11 heteroatoms. The number of ether oxygens (including phenoxy) is 2. The molecule has 0 fully saturated rings. The Hall–Kier alpha value is -3.50. The largest absolute Gasteiger partial charge is 0.472 e. The summed E-state index contributed by atoms with van der Waals surface area (Å²) in [5, 5.41) is 0. The van der Waals surface area contributed by atoms with Gasteiger partial charge >= 0.3 is 18.1 Å². The molecular formula is C19H11F6NO4. The summed E-state index contributed by atoms with van der Waals surface area (Å²) >= 11 is 0. The number of alkyl halides is 3. The molecule has 0 aliphatic carbocycles. The summed E-state index contributed by atoms with van der Waals surface area (Å²) in [7, 11) is 0. The van der Waals surface area contributed by atoms with Gasteiger partial charge in [-0.15, -0.1) is 0 Å². The van der Waals surface area contributed by atoms with Crippen LogP contribution in [0.2, 0.25) is 0 Å². The second-order valence-electron chi connectivity index (χ2n) is 6.02. The number of carbonyl (C=O) groups excluding carboxylic acids is 2. The van der Waals surface area contributed by atoms with Gasteiger partial charge in [-0.3, -0.25) is 9.59 Å². The van der Waals surface area contributed by atoms with Crippen molar-refractivity contribution in [2.75, 3.05) is 4.90 Å². The van der Waals surface area contributed by atoms with Crippen molar-refractivity contribution in [3.8, 4) is 5.75 Å². The summed E-state index contributed by atoms with van der Waals surface area (Å²) in [4.78, 5) is 22.3. The molecule has 0 aromatic heterocycles. The number of benzene rings is 2. The number of fused-ring (bicyclic) bond motifs is 1. The molecule has 1 aliphatic rings. The number of hydrogen-bond acceptors (Lipinski definition) is 4. The highest BCUT2D eigenvalue weighted by molar-refractivity contribution is 6.04. The topological polar surface area (TPSA) is 55.8 Å². The minimum atomic E-state index is -5.62. The monoisotopic (exact) mass is 431 g/mol. The van der Waals surface area contributed by atoms with Crippen LogP contribution in [-0.4, -0.2) is 18.1 Å². The van der Waals surface area contributed by atoms with Crippen molar-refractivity contribution in [1.29, 1.82) is 0 Å². The van der Waals surface area contributed by atoms with E-state index in [1.165, 1.54) is 30.3 Å². The molecule has 1 amide bonds. The van der Waals surface area contributed by atoms with Crippen LogP contribution in [0, 0.1) is 11.6 Å². The second-order valence-corrected chi connectivity index (χ2v) is 6.02. The normalized spacial score (nSPS) is 13.6. The van der Waals surface area contributed by atoms with E-state index in [-0.39, 0.29) is 5.56 Å². The third-order valence-electron chi connectivity index (χ3n) is 3.95. The van der Waals surface area contributed by atoms with E-state index in [0.717, 1.165) is 6.92 Å². The predicted octanol–water partition coefficient (Wildman–Crippen LogP) is 4.61. The van der Waals surface area contributed by atoms with E-state index in [2.05, 4.69) is 4.74 Å². The Morgan fingerprint density at radius 1 is 1.10 bits per heavy atom. The lowest BCUT2D eigenvalue weighted by Gasteiger charge is -2.31. The average molecular weight is 431 g/mol. The van der Waals surface area contributed by atoms with E-state index in [1.54, 1.807) is 0 Å². The number of anilines is 1. The first-order valence-electron chi connectivity index (χ1n) is 8.21. The van der Waals surface area contributed by atoms with Gasteiger partial charge in [0.15, 0.2) is 23.1 Å². The summed E-state index contributed by atoms with van der Waals surface area (Å²) < 4.78 is 92.8. The highest BCUT2D eigenvalue weighted by Crippen LogP contribution is 2.47. The third-order valence-corrected chi connectivity index (χ3v) is 3.95. The summed E-state index contributed by atoms with van der Waals surface area (Å²) in [5.41, 5.74) is -1.92. The van der Waals surface area contributed by atoms with E-state index in [0.29, 0.717) is 6.07 Å². The molecule has 0 N–H and O–H groups in total. The maximum absolute atomic E-state index is 15.0. The van der Waals surface area contributed by atoms with Gasteiger partial charge < -0.3 is 9.47 Å². The van der Waals surface area contributed by atoms with Gasteiger partial charge in [-0.05, 0) is 6.07 Å². The molecule has 0 radical (unpaired) electrons. The molecule has 30 heavy (non-hydrogen) atoms. The molecule has 0 atom stereocenters. The number of halogens is 6. The summed E-state index contributed by atoms with van der Waals surface area (Å²) in [6, 6.07) is 7.39. The SMILES string of the molecule is CC(=O)OCc1cc(F)c(F)c2c1OC(c1ccccc1)=C(F)N2C(=O)C(F)(F)F. The molecule has 2 aromatic rings. The van der Waals surface area contributed by atoms with Crippen molar-refractivity contribution in [3.63, 3.8) is 0 Å². The molecule has 0 saturated carbocycles. The maximum Gasteiger partial charge on any atom is 0.472 e. The Morgan fingerprint density at radius 2 is 1.73 bits per heavy atom. The molecule has 5 nitrogen and oxygen atoms in total. The number of rotatable bonds is 3. The standard InChI is InChI=1S/C19H11F6NO4/c1-9(27)29-8-11-7-12(20)13(21)14-15(11)30-16(10-5-3-2-4-6-10)17(22)26(14)18(28)19(23,24)25/h2-7H,8H2,1H3. The maximum atomic E-state index is 15.0. The minimum Gasteiger partial charge on any atom is -0.461 e. The van der Waals surface area contributed by atoms with E-state index < -0.39 is 69.9 Å². The van der Waals surface area contributed by atoms with Crippen LogP contribution in [0.25, 0.3) is 5.76 Å². The Bertz CT molecular complexity index is 1050. The van der Waals surface area contributed by atoms with Crippen LogP contribution in [0.1, 0.15) is 18.1 Å². The fourth-order valence-corrected chi connectivity index (χ4v) is 2.68. The zero-order valence-electron chi connectivity index (χ0n) is 15.0. The zero-order chi connectivity index (χ0) is 22.2. The Morgan fingerprint density at radius 3 is 2.30 bits per heavy atom. The van der Waals surface area contributed by atoms with E-state index >= 15 is 4.39 Å². The van der Waals surface area contributed by atoms with E-state index in [9.17, 15) is 31.5 Å². The van der Waals surface area contributed by atoms with Crippen molar-refractivity contribution in [2.24, 2.45) is 0 Å². The van der Waals surface area contributed by atoms with Crippen molar-refractivity contribution in [3.05, 3.63) is 65.1 Å². The van der Waals surface area contributed by atoms with Crippen molar-refractivity contribution in [1.82, 2.24) is 0 Å². The molecule has 0 unspecified atom stereocenters. The number of amides is 1. The summed E-state index contributed by atoms with van der Waals surface area (Å²) in [5.74, 6) is -10.8. The van der Waals surface area contributed by atoms with E-state index in [4.69, 9.17) is 4.74 Å². The Kier molecular flexibility index (Phi) is 5.47. The van der Waals surface area contributed by atoms with Gasteiger partial charge in [0.1, 0.15) is 12.3 Å². The van der Waals surface area contributed by atoms with Crippen molar-refractivity contribution < 1.29 is 45.4 Å². The Balaban J connectivity index is 2.29. The van der Waals surface area contributed by atoms with Crippen LogP contribution in [0.5, 0.6) is 5.75 Å². The van der Waals surface area contributed by atoms with Crippen molar-refractivity contribution >= 4 is 23.3 Å². The van der Waals surface area contributed by atoms with Gasteiger partial charge in [0.05, 0.1) is 0 Å². The lowest BCUT2D eigenvalue weighted by Crippen LogP contribution is -2.42. The first-order chi connectivity index (χ1) is 14.0. The number of carbonyl (C=O) groups is 2. The highest BCUT2D eigenvalue weighted by Gasteiger charge is 2.49. The van der Waals surface area contributed by atoms with Crippen LogP contribution in [-0.2, 0) is 20.9 Å². The fourth-order valence-electron chi connectivity index (χ4n) is 2.68. The molecule has 0 bridgehead atoms. The van der Waals surface area contributed by atoms with Crippen molar-refractivity contribution in [2.45, 2.75) is 19.7 Å². The molecular weight excluding hydrogens is 420 g/mol. The first kappa shape index (κ1) is 21.2. The first-order valence-corrected chi connectivity index (χ1v) is 8.21. The second kappa shape index (κ2) is 7.73. The van der Waals surface area contributed by atoms with Gasteiger partial charge in [-0.1, -0.05) is 30.3 Å². The molecule has 3 rings (SSSR count). The fraction of sp³-hybridized carbons (Fsp3) is 0.158. The predicted molar refractivity (Wildman–Crippen MR) is 90.5 cm³/mol. The van der Waals surface area contributed by atoms with Gasteiger partial charge in [-0.2, -0.15) is 17.6 Å². The molecule has 1 aliphatic heterocycles. The minimum absolute atomic E-state index is 0.0798. The van der Waals surface area contributed by atoms with Crippen LogP contribution in [0.3, 0.4) is 0 Å². The number of esters is 1. The lowest BCUT2D eigenvalue weighted by atomic mass is 10.1. The smallest absolute Gasteiger partial charge is 0.461 e. The van der Waals surface area contributed by atoms with E-state index in [1.807, 2.05) is 0 Å². The van der Waals surface area contributed by atoms with Gasteiger partial charge in [-0.25, -0.2) is 13.7 Å². The molecule has 0 saturated heterocycles. The van der Waals surface area contributed by atoms with Crippen LogP contribution < -0.4 is 9.64 Å². The molecule has 158 valence electrons. The summed E-state index contributed by atoms with van der Waals surface area (Å²) in [6.07, 6.45) is -5.62. The Labute approximate surface area is 165 Å². The van der Waals surface area contributed by atoms with Gasteiger partial charge in [0, 0.05) is 18.1 Å². The summed E-state index contributed by atoms with van der Waals surface area (Å²) in [6.45, 7) is 0.272. The number of nitrogens with zero attached hydrogens (tertiary/aromatic N) is 1. The molecule has 2 aromatic carbocycles. The quantitative estimate of drug-likeness (QED) is 0.405. The molecule has 0 spiro atoms. The van der Waals surface area contributed by atoms with Crippen LogP contribution in [0.4, 0.5) is 32.0 Å². The van der Waals surface area contributed by atoms with Gasteiger partial charge in [0.25, 0.3) is 0 Å². The highest BCUT2D eigenvalue weighted by atomic mass is 19.4. The van der Waals surface area contributed by atoms with Crippen LogP contribution >= 0.6 is 0 Å². The van der Waals surface area contributed by atoms with Crippen LogP contribution in [0.15, 0.2) is 42.3 Å². The average Bonchev–Trinajstić information content (AvgIpc) is 2.68. The third kappa shape index (κ3) is 3.82. The van der Waals surface area contributed by atoms with Gasteiger partial charge in [0.2, 0.25) is 5.95 Å². The lowest BCUT2D eigenvalue weighted by molar-refractivity contribution is -0.170. The molecule has 1 heterocycles.